The van der Waals surface area contributed by atoms with Crippen LogP contribution in [0.15, 0.2) is 6.07 Å². The van der Waals surface area contributed by atoms with Crippen molar-refractivity contribution in [3.05, 3.63) is 23.0 Å². The minimum atomic E-state index is -5.16. The van der Waals surface area contributed by atoms with Crippen molar-refractivity contribution in [1.82, 2.24) is 4.98 Å². The number of alkyl halides is 5. The third kappa shape index (κ3) is 3.05. The highest BCUT2D eigenvalue weighted by molar-refractivity contribution is 5.70. The Morgan fingerprint density at radius 2 is 1.94 bits per heavy atom. The molecule has 0 amide bonds. The Morgan fingerprint density at radius 1 is 1.39 bits per heavy atom. The van der Waals surface area contributed by atoms with Crippen LogP contribution in [0.2, 0.25) is 0 Å². The lowest BCUT2D eigenvalue weighted by Gasteiger charge is -2.13. The van der Waals surface area contributed by atoms with Crippen LogP contribution in [0.1, 0.15) is 23.4 Å². The largest absolute Gasteiger partial charge is 0.506 e. The number of rotatable bonds is 3. The van der Waals surface area contributed by atoms with Crippen molar-refractivity contribution < 1.29 is 37.0 Å². The lowest BCUT2D eigenvalue weighted by atomic mass is 10.1. The van der Waals surface area contributed by atoms with Crippen LogP contribution >= 0.6 is 0 Å². The van der Waals surface area contributed by atoms with Gasteiger partial charge in [-0.05, 0) is 6.07 Å². The Balaban J connectivity index is 3.40. The average molecular weight is 271 g/mol. The zero-order valence-electron chi connectivity index (χ0n) is 8.50. The molecule has 4 nitrogen and oxygen atoms in total. The highest BCUT2D eigenvalue weighted by atomic mass is 19.4. The van der Waals surface area contributed by atoms with Crippen molar-refractivity contribution >= 4 is 5.97 Å². The van der Waals surface area contributed by atoms with Crippen LogP contribution in [0.5, 0.6) is 5.75 Å². The van der Waals surface area contributed by atoms with E-state index in [4.69, 9.17) is 10.2 Å². The lowest BCUT2D eigenvalue weighted by molar-refractivity contribution is -0.144. The van der Waals surface area contributed by atoms with Crippen LogP contribution in [0.4, 0.5) is 22.0 Å². The van der Waals surface area contributed by atoms with E-state index in [0.29, 0.717) is 0 Å². The second kappa shape index (κ2) is 4.75. The molecule has 9 heteroatoms. The van der Waals surface area contributed by atoms with Crippen LogP contribution in [-0.4, -0.2) is 21.2 Å². The topological polar surface area (TPSA) is 70.4 Å². The van der Waals surface area contributed by atoms with Gasteiger partial charge in [0.1, 0.15) is 5.75 Å². The average Bonchev–Trinajstić information content (AvgIpc) is 2.17. The highest BCUT2D eigenvalue weighted by Crippen LogP contribution is 2.37. The van der Waals surface area contributed by atoms with Gasteiger partial charge < -0.3 is 10.2 Å². The van der Waals surface area contributed by atoms with E-state index in [1.807, 2.05) is 0 Å². The number of pyridine rings is 1. The van der Waals surface area contributed by atoms with Crippen molar-refractivity contribution in [3.63, 3.8) is 0 Å². The van der Waals surface area contributed by atoms with Crippen molar-refractivity contribution in [2.45, 2.75) is 19.0 Å². The molecule has 0 saturated carbocycles. The van der Waals surface area contributed by atoms with Gasteiger partial charge in [-0.25, -0.2) is 13.8 Å². The van der Waals surface area contributed by atoms with E-state index >= 15 is 0 Å². The van der Waals surface area contributed by atoms with Gasteiger partial charge in [-0.3, -0.25) is 4.79 Å². The van der Waals surface area contributed by atoms with Gasteiger partial charge in [-0.2, -0.15) is 13.2 Å². The Hall–Kier alpha value is -1.93. The molecule has 0 aliphatic carbocycles. The molecule has 1 aromatic rings. The Labute approximate surface area is 96.7 Å². The fraction of sp³-hybridized carbons (Fsp3) is 0.333. The Morgan fingerprint density at radius 3 is 2.33 bits per heavy atom. The number of nitrogens with zero attached hydrogens (tertiary/aromatic N) is 1. The summed E-state index contributed by atoms with van der Waals surface area (Å²) in [7, 11) is 0. The van der Waals surface area contributed by atoms with Crippen molar-refractivity contribution in [1.29, 1.82) is 0 Å². The number of carboxylic acids is 1. The summed E-state index contributed by atoms with van der Waals surface area (Å²) in [5.41, 5.74) is -4.21. The maximum absolute atomic E-state index is 12.4. The smallest absolute Gasteiger partial charge is 0.433 e. The number of hydrogen-bond donors (Lipinski definition) is 2. The number of hydrogen-bond acceptors (Lipinski definition) is 3. The van der Waals surface area contributed by atoms with Crippen LogP contribution in [0.25, 0.3) is 0 Å². The first-order valence-corrected chi connectivity index (χ1v) is 4.43. The summed E-state index contributed by atoms with van der Waals surface area (Å²) in [6.45, 7) is 0. The minimum Gasteiger partial charge on any atom is -0.506 e. The van der Waals surface area contributed by atoms with Crippen molar-refractivity contribution in [2.75, 3.05) is 0 Å². The summed E-state index contributed by atoms with van der Waals surface area (Å²) in [6.07, 6.45) is -9.65. The second-order valence-electron chi connectivity index (χ2n) is 3.26. The van der Waals surface area contributed by atoms with E-state index < -0.39 is 47.7 Å². The van der Waals surface area contributed by atoms with E-state index in [0.717, 1.165) is 0 Å². The molecular weight excluding hydrogens is 265 g/mol. The van der Waals surface area contributed by atoms with Crippen molar-refractivity contribution in [2.24, 2.45) is 0 Å². The molecule has 0 spiro atoms. The molecule has 18 heavy (non-hydrogen) atoms. The number of aromatic hydroxyl groups is 1. The molecule has 0 saturated heterocycles. The zero-order valence-corrected chi connectivity index (χ0v) is 8.50. The SMILES string of the molecule is O=C(O)Cc1nc(C(F)(F)F)c(C(F)F)cc1O. The van der Waals surface area contributed by atoms with Gasteiger partial charge in [0.15, 0.2) is 5.69 Å². The standard InChI is InChI=1S/C9H6F5NO3/c10-8(11)3-1-5(16)4(2-6(17)18)15-7(3)9(12,13)14/h1,8,16H,2H2,(H,17,18). The number of aromatic nitrogens is 1. The molecule has 0 aromatic carbocycles. The molecule has 0 aliphatic heterocycles. The molecule has 0 bridgehead atoms. The molecule has 100 valence electrons. The highest BCUT2D eigenvalue weighted by Gasteiger charge is 2.38. The molecule has 2 N–H and O–H groups in total. The quantitative estimate of drug-likeness (QED) is 0.828. The van der Waals surface area contributed by atoms with E-state index in [-0.39, 0.29) is 6.07 Å². The van der Waals surface area contributed by atoms with Crippen LogP contribution in [0.3, 0.4) is 0 Å². The predicted molar refractivity (Wildman–Crippen MR) is 47.2 cm³/mol. The summed E-state index contributed by atoms with van der Waals surface area (Å²) in [6, 6.07) is 0.179. The maximum atomic E-state index is 12.4. The van der Waals surface area contributed by atoms with E-state index in [9.17, 15) is 26.7 Å². The van der Waals surface area contributed by atoms with E-state index in [1.54, 1.807) is 0 Å². The molecule has 0 unspecified atom stereocenters. The third-order valence-electron chi connectivity index (χ3n) is 1.93. The summed E-state index contributed by atoms with van der Waals surface area (Å²) >= 11 is 0. The Kier molecular flexibility index (Phi) is 3.73. The molecule has 0 fully saturated rings. The van der Waals surface area contributed by atoms with Crippen LogP contribution in [-0.2, 0) is 17.4 Å². The second-order valence-corrected chi connectivity index (χ2v) is 3.26. The first kappa shape index (κ1) is 14.1. The van der Waals surface area contributed by atoms with Gasteiger partial charge in [-0.1, -0.05) is 0 Å². The fourth-order valence-electron chi connectivity index (χ4n) is 1.22. The first-order valence-electron chi connectivity index (χ1n) is 4.43. The van der Waals surface area contributed by atoms with Crippen molar-refractivity contribution in [3.8, 4) is 5.75 Å². The summed E-state index contributed by atoms with van der Waals surface area (Å²) in [5, 5.41) is 17.5. The van der Waals surface area contributed by atoms with Gasteiger partial charge in [0.05, 0.1) is 17.7 Å². The van der Waals surface area contributed by atoms with Gasteiger partial charge in [0.2, 0.25) is 0 Å². The van der Waals surface area contributed by atoms with E-state index in [2.05, 4.69) is 4.98 Å². The predicted octanol–water partition coefficient (Wildman–Crippen LogP) is 2.37. The molecule has 0 radical (unpaired) electrons. The van der Waals surface area contributed by atoms with Crippen LogP contribution < -0.4 is 0 Å². The Bertz CT molecular complexity index is 472. The normalized spacial score (nSPS) is 11.9. The number of aliphatic carboxylic acids is 1. The van der Waals surface area contributed by atoms with Gasteiger partial charge in [0, 0.05) is 0 Å². The molecule has 0 atom stereocenters. The fourth-order valence-corrected chi connectivity index (χ4v) is 1.22. The third-order valence-corrected chi connectivity index (χ3v) is 1.93. The molecule has 1 heterocycles. The molecule has 1 rings (SSSR count). The molecular formula is C9H6F5NO3. The number of carboxylic acid groups (broad SMARTS) is 1. The molecule has 0 aliphatic rings. The minimum absolute atomic E-state index is 0.179. The van der Waals surface area contributed by atoms with E-state index in [1.165, 1.54) is 0 Å². The zero-order chi connectivity index (χ0) is 14.1. The summed E-state index contributed by atoms with van der Waals surface area (Å²) in [4.78, 5) is 13.1. The molecule has 1 aromatic heterocycles. The van der Waals surface area contributed by atoms with Gasteiger partial charge in [0.25, 0.3) is 6.43 Å². The van der Waals surface area contributed by atoms with Gasteiger partial charge >= 0.3 is 12.1 Å². The summed E-state index contributed by atoms with van der Waals surface area (Å²) < 4.78 is 62.0. The summed E-state index contributed by atoms with van der Waals surface area (Å²) in [5.74, 6) is -2.56. The monoisotopic (exact) mass is 271 g/mol. The number of carbonyl (C=O) groups is 1. The first-order chi connectivity index (χ1) is 8.12. The van der Waals surface area contributed by atoms with Crippen LogP contribution in [0, 0.1) is 0 Å². The maximum Gasteiger partial charge on any atom is 0.433 e. The van der Waals surface area contributed by atoms with Gasteiger partial charge in [-0.15, -0.1) is 0 Å². The lowest BCUT2D eigenvalue weighted by Crippen LogP contribution is -2.15. The number of halogens is 5.